The molecule has 3 nitrogen and oxygen atoms in total. The summed E-state index contributed by atoms with van der Waals surface area (Å²) in [6, 6.07) is 65.5. The van der Waals surface area contributed by atoms with Crippen molar-refractivity contribution >= 4 is 17.1 Å². The van der Waals surface area contributed by atoms with Crippen molar-refractivity contribution in [3.63, 3.8) is 0 Å². The van der Waals surface area contributed by atoms with Crippen LogP contribution in [0.25, 0.3) is 44.8 Å². The average molecular weight is 652 g/mol. The van der Waals surface area contributed by atoms with Crippen molar-refractivity contribution in [3.8, 4) is 44.8 Å². The molecular weight excluding hydrogens is 619 g/mol. The predicted octanol–water partition coefficient (Wildman–Crippen LogP) is 11.9. The quantitative estimate of drug-likeness (QED) is 0.190. The van der Waals surface area contributed by atoms with Gasteiger partial charge >= 0.3 is 0 Å². The van der Waals surface area contributed by atoms with Crippen molar-refractivity contribution in [2.24, 2.45) is 0 Å². The number of hydrogen-bond donors (Lipinski definition) is 0. The fourth-order valence-corrected chi connectivity index (χ4v) is 8.74. The Labute approximate surface area is 298 Å². The molecule has 0 fully saturated rings. The second kappa shape index (κ2) is 11.5. The van der Waals surface area contributed by atoms with Gasteiger partial charge in [0, 0.05) is 22.4 Å². The van der Waals surface area contributed by atoms with Gasteiger partial charge in [0.05, 0.1) is 22.5 Å². The van der Waals surface area contributed by atoms with E-state index in [1.54, 1.807) is 0 Å². The van der Waals surface area contributed by atoms with Crippen LogP contribution in [-0.2, 0) is 5.41 Å². The standard InChI is InChI=1S/C48H33N3/c1-32-44(47(34-20-7-3-8-21-34)50-49-46(32)33-18-5-2-6-19-33)37-25-17-29-41-45(37)36-24-11-12-26-38(36)48(41)39-27-13-15-30-42(39)51(35-22-9-4-10-23-35)43-31-16-14-28-40(43)48/h2-31H,1H3. The van der Waals surface area contributed by atoms with E-state index in [0.717, 1.165) is 39.3 Å². The summed E-state index contributed by atoms with van der Waals surface area (Å²) >= 11 is 0. The van der Waals surface area contributed by atoms with E-state index < -0.39 is 5.41 Å². The highest BCUT2D eigenvalue weighted by atomic mass is 15.2. The minimum absolute atomic E-state index is 0.538. The molecule has 1 spiro atoms. The molecule has 0 bridgehead atoms. The Balaban J connectivity index is 1.32. The summed E-state index contributed by atoms with van der Waals surface area (Å²) in [5.74, 6) is 0. The van der Waals surface area contributed by atoms with Gasteiger partial charge in [0.25, 0.3) is 0 Å². The van der Waals surface area contributed by atoms with E-state index in [-0.39, 0.29) is 0 Å². The lowest BCUT2D eigenvalue weighted by atomic mass is 9.64. The van der Waals surface area contributed by atoms with Gasteiger partial charge in [-0.2, -0.15) is 0 Å². The highest BCUT2D eigenvalue weighted by molar-refractivity contribution is 6.02. The molecule has 0 amide bonds. The summed E-state index contributed by atoms with van der Waals surface area (Å²) in [4.78, 5) is 2.43. The second-order valence-corrected chi connectivity index (χ2v) is 13.4. The maximum absolute atomic E-state index is 5.01. The topological polar surface area (TPSA) is 29.0 Å². The number of para-hydroxylation sites is 3. The molecule has 0 saturated heterocycles. The van der Waals surface area contributed by atoms with Crippen LogP contribution in [0.4, 0.5) is 17.1 Å². The molecule has 2 heterocycles. The zero-order valence-electron chi connectivity index (χ0n) is 28.2. The Kier molecular flexibility index (Phi) is 6.62. The first-order valence-corrected chi connectivity index (χ1v) is 17.5. The Morgan fingerprint density at radius 3 is 1.51 bits per heavy atom. The van der Waals surface area contributed by atoms with Crippen molar-refractivity contribution in [2.45, 2.75) is 12.3 Å². The molecule has 0 unspecified atom stereocenters. The fourth-order valence-electron chi connectivity index (χ4n) is 8.74. The summed E-state index contributed by atoms with van der Waals surface area (Å²) in [6.07, 6.45) is 0. The van der Waals surface area contributed by atoms with Crippen LogP contribution in [0.3, 0.4) is 0 Å². The average Bonchev–Trinajstić information content (AvgIpc) is 3.50. The first kappa shape index (κ1) is 29.3. The number of aromatic nitrogens is 2. The van der Waals surface area contributed by atoms with E-state index in [9.17, 15) is 0 Å². The normalized spacial score (nSPS) is 13.3. The van der Waals surface area contributed by atoms with Crippen LogP contribution in [0, 0.1) is 6.92 Å². The summed E-state index contributed by atoms with van der Waals surface area (Å²) in [6.45, 7) is 2.21. The minimum Gasteiger partial charge on any atom is -0.310 e. The molecule has 10 rings (SSSR count). The molecule has 7 aromatic carbocycles. The molecule has 2 aliphatic rings. The van der Waals surface area contributed by atoms with Crippen molar-refractivity contribution in [1.29, 1.82) is 0 Å². The maximum atomic E-state index is 5.01. The Morgan fingerprint density at radius 1 is 0.392 bits per heavy atom. The summed E-state index contributed by atoms with van der Waals surface area (Å²) < 4.78 is 0. The molecule has 0 atom stereocenters. The number of rotatable bonds is 4. The highest BCUT2D eigenvalue weighted by Crippen LogP contribution is 2.64. The third-order valence-corrected chi connectivity index (χ3v) is 10.8. The van der Waals surface area contributed by atoms with Gasteiger partial charge in [0.2, 0.25) is 0 Å². The van der Waals surface area contributed by atoms with Crippen LogP contribution in [0.1, 0.15) is 27.8 Å². The molecule has 3 heteroatoms. The largest absolute Gasteiger partial charge is 0.310 e. The molecule has 0 N–H and O–H groups in total. The second-order valence-electron chi connectivity index (χ2n) is 13.4. The van der Waals surface area contributed by atoms with E-state index in [4.69, 9.17) is 10.2 Å². The lowest BCUT2D eigenvalue weighted by Crippen LogP contribution is -2.36. The molecule has 1 aliphatic heterocycles. The summed E-state index contributed by atoms with van der Waals surface area (Å²) in [5.41, 5.74) is 17.9. The number of nitrogens with zero attached hydrogens (tertiary/aromatic N) is 3. The van der Waals surface area contributed by atoms with Gasteiger partial charge in [0.15, 0.2) is 0 Å². The zero-order chi connectivity index (χ0) is 33.9. The Hall–Kier alpha value is -6.58. The fraction of sp³-hybridized carbons (Fsp3) is 0.0417. The first-order valence-electron chi connectivity index (χ1n) is 17.5. The predicted molar refractivity (Wildman–Crippen MR) is 209 cm³/mol. The van der Waals surface area contributed by atoms with E-state index >= 15 is 0 Å². The molecule has 240 valence electrons. The maximum Gasteiger partial charge on any atom is 0.101 e. The van der Waals surface area contributed by atoms with Gasteiger partial charge in [-0.05, 0) is 75.7 Å². The SMILES string of the molecule is Cc1c(-c2ccccc2)nnc(-c2ccccc2)c1-c1cccc2c1-c1ccccc1C21c2ccccc2N(c2ccccc2)c2ccccc21. The lowest BCUT2D eigenvalue weighted by molar-refractivity contribution is 0.753. The first-order chi connectivity index (χ1) is 25.3. The van der Waals surface area contributed by atoms with Crippen molar-refractivity contribution in [3.05, 3.63) is 210 Å². The van der Waals surface area contributed by atoms with E-state index in [1.165, 1.54) is 50.3 Å². The van der Waals surface area contributed by atoms with Gasteiger partial charge in [-0.15, -0.1) is 10.2 Å². The third-order valence-electron chi connectivity index (χ3n) is 10.8. The zero-order valence-corrected chi connectivity index (χ0v) is 28.2. The molecule has 0 radical (unpaired) electrons. The molecule has 0 saturated carbocycles. The number of benzene rings is 7. The number of hydrogen-bond acceptors (Lipinski definition) is 3. The van der Waals surface area contributed by atoms with E-state index in [0.29, 0.717) is 0 Å². The monoisotopic (exact) mass is 651 g/mol. The molecule has 8 aromatic rings. The summed E-state index contributed by atoms with van der Waals surface area (Å²) in [7, 11) is 0. The Bertz CT molecular complexity index is 2550. The number of anilines is 3. The van der Waals surface area contributed by atoms with E-state index in [1.807, 2.05) is 6.07 Å². The van der Waals surface area contributed by atoms with Crippen LogP contribution >= 0.6 is 0 Å². The van der Waals surface area contributed by atoms with Crippen molar-refractivity contribution in [2.75, 3.05) is 4.90 Å². The van der Waals surface area contributed by atoms with Crippen LogP contribution in [0.15, 0.2) is 182 Å². The van der Waals surface area contributed by atoms with Crippen LogP contribution in [0.2, 0.25) is 0 Å². The Morgan fingerprint density at radius 2 is 0.863 bits per heavy atom. The van der Waals surface area contributed by atoms with Gasteiger partial charge in [-0.25, -0.2) is 0 Å². The number of fused-ring (bicyclic) bond motifs is 9. The molecular formula is C48H33N3. The van der Waals surface area contributed by atoms with Gasteiger partial charge in [-0.1, -0.05) is 158 Å². The minimum atomic E-state index is -0.538. The molecule has 1 aromatic heterocycles. The van der Waals surface area contributed by atoms with E-state index in [2.05, 4.69) is 188 Å². The van der Waals surface area contributed by atoms with Crippen molar-refractivity contribution < 1.29 is 0 Å². The lowest BCUT2D eigenvalue weighted by Gasteiger charge is -2.45. The highest BCUT2D eigenvalue weighted by Gasteiger charge is 2.52. The van der Waals surface area contributed by atoms with Gasteiger partial charge in [0.1, 0.15) is 5.69 Å². The van der Waals surface area contributed by atoms with Crippen LogP contribution in [-0.4, -0.2) is 10.2 Å². The smallest absolute Gasteiger partial charge is 0.101 e. The van der Waals surface area contributed by atoms with Crippen LogP contribution < -0.4 is 4.90 Å². The third kappa shape index (κ3) is 4.18. The van der Waals surface area contributed by atoms with Gasteiger partial charge in [-0.3, -0.25) is 0 Å². The molecule has 1 aliphatic carbocycles. The van der Waals surface area contributed by atoms with Crippen molar-refractivity contribution in [1.82, 2.24) is 10.2 Å². The molecule has 51 heavy (non-hydrogen) atoms. The van der Waals surface area contributed by atoms with Crippen LogP contribution in [0.5, 0.6) is 0 Å². The van der Waals surface area contributed by atoms with Gasteiger partial charge < -0.3 is 4.90 Å². The summed E-state index contributed by atoms with van der Waals surface area (Å²) in [5, 5.41) is 9.88.